The molecule has 1 fully saturated rings. The van der Waals surface area contributed by atoms with E-state index in [0.29, 0.717) is 6.54 Å². The van der Waals surface area contributed by atoms with Gasteiger partial charge in [0.25, 0.3) is 0 Å². The van der Waals surface area contributed by atoms with Gasteiger partial charge < -0.3 is 16.2 Å². The van der Waals surface area contributed by atoms with E-state index in [-0.39, 0.29) is 24.3 Å². The second-order valence-corrected chi connectivity index (χ2v) is 5.01. The fraction of sp³-hybridized carbons (Fsp3) is 0.667. The molecule has 8 heteroatoms. The Morgan fingerprint density at radius 2 is 2.00 bits per heavy atom. The van der Waals surface area contributed by atoms with Gasteiger partial charge in [-0.25, -0.2) is 4.98 Å². The quantitative estimate of drug-likeness (QED) is 0.788. The molecule has 0 spiro atoms. The number of alkyl halides is 3. The lowest BCUT2D eigenvalue weighted by Crippen LogP contribution is -2.22. The summed E-state index contributed by atoms with van der Waals surface area (Å²) < 4.78 is 37.8. The molecule has 0 amide bonds. The Balaban J connectivity index is 2.04. The summed E-state index contributed by atoms with van der Waals surface area (Å²) >= 11 is 0. The highest BCUT2D eigenvalue weighted by Crippen LogP contribution is 2.32. The highest BCUT2D eigenvalue weighted by atomic mass is 19.4. The molecule has 0 saturated heterocycles. The van der Waals surface area contributed by atoms with Crippen molar-refractivity contribution in [2.45, 2.75) is 25.4 Å². The minimum absolute atomic E-state index is 0.0633. The van der Waals surface area contributed by atoms with Crippen molar-refractivity contribution in [2.24, 2.45) is 11.8 Å². The summed E-state index contributed by atoms with van der Waals surface area (Å²) in [5.74, 6) is 0.0927. The highest BCUT2D eigenvalue weighted by Gasteiger charge is 2.33. The molecule has 0 radical (unpaired) electrons. The van der Waals surface area contributed by atoms with Crippen molar-refractivity contribution in [1.82, 2.24) is 9.97 Å². The number of aliphatic hydroxyl groups excluding tert-OH is 1. The van der Waals surface area contributed by atoms with Gasteiger partial charge in [-0.1, -0.05) is 6.42 Å². The van der Waals surface area contributed by atoms with E-state index >= 15 is 0 Å². The zero-order valence-electron chi connectivity index (χ0n) is 10.8. The monoisotopic (exact) mass is 290 g/mol. The van der Waals surface area contributed by atoms with Crippen LogP contribution >= 0.6 is 0 Å². The van der Waals surface area contributed by atoms with Crippen molar-refractivity contribution in [3.05, 3.63) is 11.8 Å². The van der Waals surface area contributed by atoms with Crippen molar-refractivity contribution >= 4 is 11.8 Å². The third-order valence-electron chi connectivity index (χ3n) is 3.63. The van der Waals surface area contributed by atoms with Gasteiger partial charge in [0.2, 0.25) is 5.95 Å². The van der Waals surface area contributed by atoms with E-state index in [1.54, 1.807) is 0 Å². The molecular weight excluding hydrogens is 273 g/mol. The Morgan fingerprint density at radius 3 is 2.65 bits per heavy atom. The Hall–Kier alpha value is -1.57. The lowest BCUT2D eigenvalue weighted by atomic mass is 9.97. The van der Waals surface area contributed by atoms with Gasteiger partial charge in [0.15, 0.2) is 5.69 Å². The number of rotatable bonds is 4. The van der Waals surface area contributed by atoms with Gasteiger partial charge in [0, 0.05) is 19.2 Å². The molecule has 2 atom stereocenters. The van der Waals surface area contributed by atoms with Crippen LogP contribution in [0.1, 0.15) is 25.0 Å². The summed E-state index contributed by atoms with van der Waals surface area (Å²) in [6.07, 6.45) is -1.63. The fourth-order valence-electron chi connectivity index (χ4n) is 2.56. The number of anilines is 2. The van der Waals surface area contributed by atoms with Crippen molar-refractivity contribution in [3.8, 4) is 0 Å². The smallest absolute Gasteiger partial charge is 0.396 e. The van der Waals surface area contributed by atoms with Crippen molar-refractivity contribution in [1.29, 1.82) is 0 Å². The number of aromatic nitrogens is 2. The van der Waals surface area contributed by atoms with Gasteiger partial charge in [-0.3, -0.25) is 0 Å². The van der Waals surface area contributed by atoms with Crippen LogP contribution in [0.3, 0.4) is 0 Å². The molecule has 20 heavy (non-hydrogen) atoms. The highest BCUT2D eigenvalue weighted by molar-refractivity contribution is 5.41. The molecule has 1 saturated carbocycles. The van der Waals surface area contributed by atoms with Crippen LogP contribution in [0.25, 0.3) is 0 Å². The van der Waals surface area contributed by atoms with Crippen molar-refractivity contribution in [2.75, 3.05) is 24.2 Å². The Bertz CT molecular complexity index is 467. The van der Waals surface area contributed by atoms with Gasteiger partial charge >= 0.3 is 6.18 Å². The Kier molecular flexibility index (Phi) is 4.32. The van der Waals surface area contributed by atoms with Crippen molar-refractivity contribution < 1.29 is 18.3 Å². The van der Waals surface area contributed by atoms with E-state index in [1.807, 2.05) is 0 Å². The molecule has 1 aliphatic carbocycles. The molecule has 2 unspecified atom stereocenters. The number of hydrogen-bond donors (Lipinski definition) is 3. The van der Waals surface area contributed by atoms with Crippen LogP contribution in [0.15, 0.2) is 6.07 Å². The maximum atomic E-state index is 12.6. The average molecular weight is 290 g/mol. The summed E-state index contributed by atoms with van der Waals surface area (Å²) in [5, 5.41) is 12.1. The maximum absolute atomic E-state index is 12.6. The molecule has 1 aromatic rings. The third-order valence-corrected chi connectivity index (χ3v) is 3.63. The number of nitrogen functional groups attached to an aromatic ring is 1. The first-order chi connectivity index (χ1) is 9.40. The molecule has 5 nitrogen and oxygen atoms in total. The number of hydrogen-bond acceptors (Lipinski definition) is 5. The second kappa shape index (κ2) is 5.82. The lowest BCUT2D eigenvalue weighted by molar-refractivity contribution is -0.141. The van der Waals surface area contributed by atoms with Crippen LogP contribution in [0.2, 0.25) is 0 Å². The molecule has 112 valence electrons. The van der Waals surface area contributed by atoms with E-state index in [4.69, 9.17) is 5.73 Å². The van der Waals surface area contributed by atoms with E-state index in [0.717, 1.165) is 25.3 Å². The Morgan fingerprint density at radius 1 is 1.30 bits per heavy atom. The molecule has 1 heterocycles. The van der Waals surface area contributed by atoms with E-state index < -0.39 is 17.8 Å². The van der Waals surface area contributed by atoms with E-state index in [1.165, 1.54) is 0 Å². The first-order valence-electron chi connectivity index (χ1n) is 6.46. The van der Waals surface area contributed by atoms with Gasteiger partial charge in [-0.15, -0.1) is 0 Å². The number of aliphatic hydroxyl groups is 1. The first kappa shape index (κ1) is 14.8. The topological polar surface area (TPSA) is 84.1 Å². The van der Waals surface area contributed by atoms with Gasteiger partial charge in [0.05, 0.1) is 0 Å². The summed E-state index contributed by atoms with van der Waals surface area (Å²) in [7, 11) is 0. The van der Waals surface area contributed by atoms with Crippen LogP contribution < -0.4 is 11.1 Å². The second-order valence-electron chi connectivity index (χ2n) is 5.01. The molecule has 0 aromatic carbocycles. The van der Waals surface area contributed by atoms with Gasteiger partial charge in [0.1, 0.15) is 5.82 Å². The fourth-order valence-corrected chi connectivity index (χ4v) is 2.56. The number of nitrogens with two attached hydrogens (primary N) is 1. The number of halogens is 3. The van der Waals surface area contributed by atoms with E-state index in [9.17, 15) is 18.3 Å². The summed E-state index contributed by atoms with van der Waals surface area (Å²) in [6.45, 7) is 0.574. The molecule has 4 N–H and O–H groups in total. The van der Waals surface area contributed by atoms with Crippen LogP contribution in [0.5, 0.6) is 0 Å². The van der Waals surface area contributed by atoms with Crippen LogP contribution in [0, 0.1) is 11.8 Å². The van der Waals surface area contributed by atoms with Crippen LogP contribution in [0.4, 0.5) is 24.9 Å². The molecule has 0 aliphatic heterocycles. The predicted molar refractivity (Wildman–Crippen MR) is 67.9 cm³/mol. The average Bonchev–Trinajstić information content (AvgIpc) is 2.82. The molecule has 2 rings (SSSR count). The zero-order valence-corrected chi connectivity index (χ0v) is 10.8. The first-order valence-corrected chi connectivity index (χ1v) is 6.46. The van der Waals surface area contributed by atoms with Crippen LogP contribution in [-0.4, -0.2) is 28.2 Å². The zero-order chi connectivity index (χ0) is 14.8. The van der Waals surface area contributed by atoms with Crippen LogP contribution in [-0.2, 0) is 6.18 Å². The predicted octanol–water partition coefficient (Wildman–Crippen LogP) is 1.90. The molecule has 1 aromatic heterocycles. The molecule has 0 bridgehead atoms. The standard InChI is InChI=1S/C12H17F3N4O/c13-12(14,15)9-4-10(19-11(16)18-9)17-5-7-2-1-3-8(7)6-20/h4,7-8,20H,1-3,5-6H2,(H3,16,17,18,19). The van der Waals surface area contributed by atoms with Crippen molar-refractivity contribution in [3.63, 3.8) is 0 Å². The third kappa shape index (κ3) is 3.50. The van der Waals surface area contributed by atoms with E-state index in [2.05, 4.69) is 15.3 Å². The molecular formula is C12H17F3N4O. The minimum Gasteiger partial charge on any atom is -0.396 e. The normalized spacial score (nSPS) is 23.0. The molecule has 1 aliphatic rings. The van der Waals surface area contributed by atoms with Gasteiger partial charge in [-0.2, -0.15) is 18.2 Å². The summed E-state index contributed by atoms with van der Waals surface area (Å²) in [4.78, 5) is 6.93. The maximum Gasteiger partial charge on any atom is 0.433 e. The Labute approximate surface area is 114 Å². The number of nitrogens with one attached hydrogen (secondary N) is 1. The summed E-state index contributed by atoms with van der Waals surface area (Å²) in [5.41, 5.74) is 4.23. The minimum atomic E-state index is -4.55. The summed E-state index contributed by atoms with van der Waals surface area (Å²) in [6, 6.07) is 0.846. The largest absolute Gasteiger partial charge is 0.433 e. The van der Waals surface area contributed by atoms with Gasteiger partial charge in [-0.05, 0) is 24.7 Å². The lowest BCUT2D eigenvalue weighted by Gasteiger charge is -2.18. The number of nitrogens with zero attached hydrogens (tertiary/aromatic N) is 2. The SMILES string of the molecule is Nc1nc(NCC2CCCC2CO)cc(C(F)(F)F)n1.